The highest BCUT2D eigenvalue weighted by Gasteiger charge is 1.85. The lowest BCUT2D eigenvalue weighted by Crippen LogP contribution is -1.72. The molecule has 1 nitrogen and oxygen atoms in total. The van der Waals surface area contributed by atoms with Gasteiger partial charge in [-0.15, -0.1) is 0 Å². The second kappa shape index (κ2) is 4.58. The van der Waals surface area contributed by atoms with Crippen molar-refractivity contribution in [2.45, 2.75) is 13.8 Å². The Bertz CT molecular complexity index is 213. The van der Waals surface area contributed by atoms with E-state index in [-0.39, 0.29) is 0 Å². The van der Waals surface area contributed by atoms with Gasteiger partial charge in [-0.3, -0.25) is 0 Å². The Morgan fingerprint density at radius 2 is 2.20 bits per heavy atom. The van der Waals surface area contributed by atoms with E-state index in [4.69, 9.17) is 5.26 Å². The summed E-state index contributed by atoms with van der Waals surface area (Å²) in [7, 11) is 0. The third kappa shape index (κ3) is 2.88. The summed E-state index contributed by atoms with van der Waals surface area (Å²) in [6.45, 7) is 7.38. The molecule has 0 rings (SSSR count). The molecule has 0 atom stereocenters. The third-order valence-electron chi connectivity index (χ3n) is 1.19. The molecule has 0 N–H and O–H groups in total. The van der Waals surface area contributed by atoms with Crippen LogP contribution >= 0.6 is 0 Å². The Morgan fingerprint density at radius 3 is 2.50 bits per heavy atom. The molecule has 1 heteroatoms. The monoisotopic (exact) mass is 133 g/mol. The molecular weight excluding hydrogens is 122 g/mol. The van der Waals surface area contributed by atoms with Gasteiger partial charge in [-0.2, -0.15) is 5.26 Å². The van der Waals surface area contributed by atoms with Crippen LogP contribution in [0.15, 0.2) is 36.0 Å². The first-order valence-electron chi connectivity index (χ1n) is 3.11. The van der Waals surface area contributed by atoms with Crippen molar-refractivity contribution in [1.29, 1.82) is 5.26 Å². The highest BCUT2D eigenvalue weighted by Crippen LogP contribution is 2.00. The number of hydrogen-bond donors (Lipinski definition) is 0. The van der Waals surface area contributed by atoms with Gasteiger partial charge in [0.05, 0.1) is 11.6 Å². The van der Waals surface area contributed by atoms with Gasteiger partial charge in [0.25, 0.3) is 0 Å². The molecule has 0 spiro atoms. The predicted octanol–water partition coefficient (Wildman–Crippen LogP) is 2.59. The molecule has 0 saturated carbocycles. The van der Waals surface area contributed by atoms with Gasteiger partial charge in [0.1, 0.15) is 0 Å². The molecule has 0 aliphatic rings. The fraction of sp³-hybridized carbons (Fsp3) is 0.222. The van der Waals surface area contributed by atoms with Crippen LogP contribution in [0.3, 0.4) is 0 Å². The highest BCUT2D eigenvalue weighted by atomic mass is 14.2. The van der Waals surface area contributed by atoms with E-state index in [0.717, 1.165) is 5.57 Å². The Morgan fingerprint density at radius 1 is 1.60 bits per heavy atom. The molecule has 0 aromatic rings. The van der Waals surface area contributed by atoms with Gasteiger partial charge in [0, 0.05) is 0 Å². The standard InChI is InChI=1S/C9H11N/c1-4-8(3)6-9(5-2)7-10/h4-6H,2H2,1,3H3. The minimum absolute atomic E-state index is 0.607. The van der Waals surface area contributed by atoms with Gasteiger partial charge < -0.3 is 0 Å². The van der Waals surface area contributed by atoms with E-state index in [1.807, 2.05) is 26.0 Å². The van der Waals surface area contributed by atoms with E-state index < -0.39 is 0 Å². The Kier molecular flexibility index (Phi) is 3.99. The van der Waals surface area contributed by atoms with Crippen molar-refractivity contribution in [2.24, 2.45) is 0 Å². The topological polar surface area (TPSA) is 23.8 Å². The average Bonchev–Trinajstić information content (AvgIpc) is 1.99. The molecule has 0 radical (unpaired) electrons. The molecule has 0 fully saturated rings. The van der Waals surface area contributed by atoms with Crippen molar-refractivity contribution in [1.82, 2.24) is 0 Å². The summed E-state index contributed by atoms with van der Waals surface area (Å²) in [6, 6.07) is 2.02. The summed E-state index contributed by atoms with van der Waals surface area (Å²) in [5.74, 6) is 0. The van der Waals surface area contributed by atoms with Crippen LogP contribution in [-0.4, -0.2) is 0 Å². The molecule has 0 aliphatic heterocycles. The first-order chi connectivity index (χ1) is 4.74. The van der Waals surface area contributed by atoms with Crippen molar-refractivity contribution in [3.05, 3.63) is 36.0 Å². The van der Waals surface area contributed by atoms with Gasteiger partial charge >= 0.3 is 0 Å². The lowest BCUT2D eigenvalue weighted by Gasteiger charge is -1.88. The second-order valence-electron chi connectivity index (χ2n) is 1.95. The Labute approximate surface area is 62.0 Å². The molecule has 0 aromatic carbocycles. The highest BCUT2D eigenvalue weighted by molar-refractivity contribution is 5.37. The fourth-order valence-electron chi connectivity index (χ4n) is 0.465. The van der Waals surface area contributed by atoms with Crippen LogP contribution in [0.5, 0.6) is 0 Å². The summed E-state index contributed by atoms with van der Waals surface area (Å²) in [4.78, 5) is 0. The van der Waals surface area contributed by atoms with Crippen molar-refractivity contribution in [3.63, 3.8) is 0 Å². The van der Waals surface area contributed by atoms with Crippen LogP contribution in [0, 0.1) is 11.3 Å². The van der Waals surface area contributed by atoms with E-state index in [2.05, 4.69) is 6.58 Å². The van der Waals surface area contributed by atoms with Crippen molar-refractivity contribution in [2.75, 3.05) is 0 Å². The summed E-state index contributed by atoms with van der Waals surface area (Å²) < 4.78 is 0. The van der Waals surface area contributed by atoms with E-state index in [0.29, 0.717) is 5.57 Å². The van der Waals surface area contributed by atoms with Crippen molar-refractivity contribution >= 4 is 0 Å². The summed E-state index contributed by atoms with van der Waals surface area (Å²) >= 11 is 0. The molecule has 0 aromatic heterocycles. The van der Waals surface area contributed by atoms with Crippen LogP contribution in [0.25, 0.3) is 0 Å². The average molecular weight is 133 g/mol. The number of hydrogen-bond acceptors (Lipinski definition) is 1. The first-order valence-corrected chi connectivity index (χ1v) is 3.11. The van der Waals surface area contributed by atoms with Crippen LogP contribution in [0.2, 0.25) is 0 Å². The second-order valence-corrected chi connectivity index (χ2v) is 1.95. The maximum absolute atomic E-state index is 8.45. The zero-order chi connectivity index (χ0) is 7.98. The molecule has 10 heavy (non-hydrogen) atoms. The fourth-order valence-corrected chi connectivity index (χ4v) is 0.465. The molecule has 0 amide bonds. The van der Waals surface area contributed by atoms with Gasteiger partial charge in [0.15, 0.2) is 0 Å². The third-order valence-corrected chi connectivity index (χ3v) is 1.19. The zero-order valence-electron chi connectivity index (χ0n) is 6.39. The summed E-state index contributed by atoms with van der Waals surface area (Å²) in [6.07, 6.45) is 5.29. The van der Waals surface area contributed by atoms with Gasteiger partial charge in [-0.1, -0.05) is 24.3 Å². The predicted molar refractivity (Wildman–Crippen MR) is 43.3 cm³/mol. The van der Waals surface area contributed by atoms with E-state index in [1.165, 1.54) is 0 Å². The van der Waals surface area contributed by atoms with Crippen LogP contribution in [-0.2, 0) is 0 Å². The Hall–Kier alpha value is -1.29. The summed E-state index contributed by atoms with van der Waals surface area (Å²) in [5, 5.41) is 8.45. The molecular formula is C9H11N. The van der Waals surface area contributed by atoms with Gasteiger partial charge in [0.2, 0.25) is 0 Å². The number of nitrogens with zero attached hydrogens (tertiary/aromatic N) is 1. The van der Waals surface area contributed by atoms with Gasteiger partial charge in [-0.25, -0.2) is 0 Å². The smallest absolute Gasteiger partial charge is 0.0991 e. The molecule has 0 bridgehead atoms. The Balaban J connectivity index is 4.44. The van der Waals surface area contributed by atoms with Crippen LogP contribution in [0.4, 0.5) is 0 Å². The minimum atomic E-state index is 0.607. The molecule has 0 heterocycles. The van der Waals surface area contributed by atoms with Crippen molar-refractivity contribution < 1.29 is 0 Å². The lowest BCUT2D eigenvalue weighted by molar-refractivity contribution is 1.44. The number of rotatable bonds is 2. The molecule has 0 aliphatic carbocycles. The maximum Gasteiger partial charge on any atom is 0.0991 e. The van der Waals surface area contributed by atoms with E-state index in [1.54, 1.807) is 12.2 Å². The van der Waals surface area contributed by atoms with Gasteiger partial charge in [-0.05, 0) is 19.9 Å². The number of allylic oxidation sites excluding steroid dienone is 5. The number of nitriles is 1. The first kappa shape index (κ1) is 8.71. The van der Waals surface area contributed by atoms with Crippen LogP contribution < -0.4 is 0 Å². The van der Waals surface area contributed by atoms with Crippen LogP contribution in [0.1, 0.15) is 13.8 Å². The van der Waals surface area contributed by atoms with E-state index >= 15 is 0 Å². The zero-order valence-corrected chi connectivity index (χ0v) is 6.39. The normalized spacial score (nSPS) is 12.5. The maximum atomic E-state index is 8.45. The molecule has 52 valence electrons. The molecule has 0 unspecified atom stereocenters. The quantitative estimate of drug-likeness (QED) is 0.419. The van der Waals surface area contributed by atoms with Crippen molar-refractivity contribution in [3.8, 4) is 6.07 Å². The molecule has 0 saturated heterocycles. The largest absolute Gasteiger partial charge is 0.192 e. The lowest BCUT2D eigenvalue weighted by atomic mass is 10.2. The summed E-state index contributed by atoms with van der Waals surface area (Å²) in [5.41, 5.74) is 1.69. The SMILES string of the molecule is C=CC(C#N)=CC(C)=CC. The van der Waals surface area contributed by atoms with E-state index in [9.17, 15) is 0 Å². The minimum Gasteiger partial charge on any atom is -0.192 e.